The third-order valence-corrected chi connectivity index (χ3v) is 5.07. The van der Waals surface area contributed by atoms with Crippen molar-refractivity contribution in [3.05, 3.63) is 71.3 Å². The first-order valence-corrected chi connectivity index (χ1v) is 11.0. The number of esters is 1. The van der Waals surface area contributed by atoms with Crippen molar-refractivity contribution in [2.45, 2.75) is 46.3 Å². The highest BCUT2D eigenvalue weighted by molar-refractivity contribution is 5.98. The molecule has 170 valence electrons. The van der Waals surface area contributed by atoms with Gasteiger partial charge in [0.15, 0.2) is 0 Å². The Labute approximate surface area is 190 Å². The molecule has 0 atom stereocenters. The summed E-state index contributed by atoms with van der Waals surface area (Å²) in [6, 6.07) is 17.8. The SMILES string of the molecule is CCOC(=O)C1=C(c2ccc(NC(=O)OC(C)(C)C)cc2)CCN(Cc2ccccc2)C1. The first-order valence-electron chi connectivity index (χ1n) is 11.0. The maximum atomic E-state index is 12.7. The minimum atomic E-state index is -0.558. The molecule has 6 heteroatoms. The number of rotatable bonds is 6. The van der Waals surface area contributed by atoms with Crippen molar-refractivity contribution in [3.63, 3.8) is 0 Å². The monoisotopic (exact) mass is 436 g/mol. The summed E-state index contributed by atoms with van der Waals surface area (Å²) in [4.78, 5) is 27.0. The van der Waals surface area contributed by atoms with Gasteiger partial charge in [-0.1, -0.05) is 42.5 Å². The lowest BCUT2D eigenvalue weighted by Crippen LogP contribution is -2.34. The van der Waals surface area contributed by atoms with Gasteiger partial charge in [0.25, 0.3) is 0 Å². The van der Waals surface area contributed by atoms with Crippen LogP contribution in [-0.4, -0.2) is 42.3 Å². The minimum absolute atomic E-state index is 0.267. The van der Waals surface area contributed by atoms with Gasteiger partial charge in [-0.2, -0.15) is 0 Å². The van der Waals surface area contributed by atoms with Crippen molar-refractivity contribution in [1.29, 1.82) is 0 Å². The molecule has 0 spiro atoms. The Bertz CT molecular complexity index is 960. The molecule has 1 aliphatic heterocycles. The molecule has 0 aliphatic carbocycles. The Kier molecular flexibility index (Phi) is 7.70. The van der Waals surface area contributed by atoms with Gasteiger partial charge < -0.3 is 9.47 Å². The number of hydrogen-bond donors (Lipinski definition) is 1. The highest BCUT2D eigenvalue weighted by Crippen LogP contribution is 2.30. The van der Waals surface area contributed by atoms with Crippen LogP contribution in [0.15, 0.2) is 60.2 Å². The molecule has 3 rings (SSSR count). The number of nitrogens with one attached hydrogen (secondary N) is 1. The van der Waals surface area contributed by atoms with Gasteiger partial charge in [-0.3, -0.25) is 10.2 Å². The predicted octanol–water partition coefficient (Wildman–Crippen LogP) is 5.26. The fraction of sp³-hybridized carbons (Fsp3) is 0.385. The number of nitrogens with zero attached hydrogens (tertiary/aromatic N) is 1. The topological polar surface area (TPSA) is 67.9 Å². The van der Waals surface area contributed by atoms with Crippen LogP contribution in [0.1, 0.15) is 45.2 Å². The minimum Gasteiger partial charge on any atom is -0.463 e. The third-order valence-electron chi connectivity index (χ3n) is 5.07. The quantitative estimate of drug-likeness (QED) is 0.626. The largest absolute Gasteiger partial charge is 0.463 e. The average Bonchev–Trinajstić information content (AvgIpc) is 2.74. The van der Waals surface area contributed by atoms with Crippen LogP contribution in [0.25, 0.3) is 5.57 Å². The normalized spacial score (nSPS) is 14.8. The van der Waals surface area contributed by atoms with Crippen LogP contribution >= 0.6 is 0 Å². The van der Waals surface area contributed by atoms with Gasteiger partial charge in [0.2, 0.25) is 0 Å². The van der Waals surface area contributed by atoms with E-state index in [1.165, 1.54) is 5.56 Å². The summed E-state index contributed by atoms with van der Waals surface area (Å²) in [5.74, 6) is -0.267. The van der Waals surface area contributed by atoms with Gasteiger partial charge in [0.1, 0.15) is 5.60 Å². The summed E-state index contributed by atoms with van der Waals surface area (Å²) in [5.41, 5.74) is 3.96. The molecule has 0 radical (unpaired) electrons. The van der Waals surface area contributed by atoms with E-state index in [1.807, 2.05) is 70.2 Å². The lowest BCUT2D eigenvalue weighted by molar-refractivity contribution is -0.138. The fourth-order valence-electron chi connectivity index (χ4n) is 3.70. The summed E-state index contributed by atoms with van der Waals surface area (Å²) < 4.78 is 10.7. The van der Waals surface area contributed by atoms with Crippen molar-refractivity contribution >= 4 is 23.3 Å². The van der Waals surface area contributed by atoms with E-state index in [2.05, 4.69) is 22.3 Å². The zero-order chi connectivity index (χ0) is 23.1. The van der Waals surface area contributed by atoms with Crippen LogP contribution < -0.4 is 5.32 Å². The van der Waals surface area contributed by atoms with Gasteiger partial charge in [-0.15, -0.1) is 0 Å². The van der Waals surface area contributed by atoms with Crippen molar-refractivity contribution in [2.24, 2.45) is 0 Å². The molecule has 6 nitrogen and oxygen atoms in total. The zero-order valence-electron chi connectivity index (χ0n) is 19.3. The van der Waals surface area contributed by atoms with Crippen molar-refractivity contribution < 1.29 is 19.1 Å². The van der Waals surface area contributed by atoms with Crippen LogP contribution in [0.5, 0.6) is 0 Å². The lowest BCUT2D eigenvalue weighted by atomic mass is 9.93. The van der Waals surface area contributed by atoms with Crippen LogP contribution in [-0.2, 0) is 20.8 Å². The Morgan fingerprint density at radius 2 is 1.72 bits per heavy atom. The van der Waals surface area contributed by atoms with Gasteiger partial charge >= 0.3 is 12.1 Å². The molecule has 0 fully saturated rings. The molecule has 2 aromatic rings. The van der Waals surface area contributed by atoms with E-state index in [1.54, 1.807) is 0 Å². The number of benzene rings is 2. The molecule has 2 aromatic carbocycles. The molecule has 0 bridgehead atoms. The van der Waals surface area contributed by atoms with Crippen LogP contribution in [0.2, 0.25) is 0 Å². The fourth-order valence-corrected chi connectivity index (χ4v) is 3.70. The van der Waals surface area contributed by atoms with E-state index in [4.69, 9.17) is 9.47 Å². The highest BCUT2D eigenvalue weighted by atomic mass is 16.6. The van der Waals surface area contributed by atoms with Crippen LogP contribution in [0, 0.1) is 0 Å². The molecule has 1 amide bonds. The van der Waals surface area contributed by atoms with E-state index in [0.717, 1.165) is 30.6 Å². The van der Waals surface area contributed by atoms with E-state index in [9.17, 15) is 9.59 Å². The van der Waals surface area contributed by atoms with Crippen molar-refractivity contribution in [1.82, 2.24) is 4.90 Å². The number of ether oxygens (including phenoxy) is 2. The second-order valence-corrected chi connectivity index (χ2v) is 8.83. The smallest absolute Gasteiger partial charge is 0.412 e. The number of carbonyl (C=O) groups excluding carboxylic acids is 2. The van der Waals surface area contributed by atoms with Crippen molar-refractivity contribution in [2.75, 3.05) is 25.0 Å². The molecule has 0 saturated carbocycles. The number of hydrogen-bond acceptors (Lipinski definition) is 5. The average molecular weight is 437 g/mol. The Morgan fingerprint density at radius 1 is 1.03 bits per heavy atom. The second kappa shape index (κ2) is 10.5. The Morgan fingerprint density at radius 3 is 2.34 bits per heavy atom. The molecule has 1 aliphatic rings. The summed E-state index contributed by atoms with van der Waals surface area (Å²) >= 11 is 0. The van der Waals surface area contributed by atoms with Gasteiger partial charge in [0, 0.05) is 25.3 Å². The number of carbonyl (C=O) groups is 2. The standard InChI is InChI=1S/C26H32N2O4/c1-5-31-24(29)23-18-28(17-19-9-7-6-8-10-19)16-15-22(23)20-11-13-21(14-12-20)27-25(30)32-26(2,3)4/h6-14H,5,15-18H2,1-4H3,(H,27,30). The molecule has 0 aromatic heterocycles. The first-order chi connectivity index (χ1) is 15.2. The molecular weight excluding hydrogens is 404 g/mol. The number of anilines is 1. The van der Waals surface area contributed by atoms with Crippen molar-refractivity contribution in [3.8, 4) is 0 Å². The summed E-state index contributed by atoms with van der Waals surface area (Å²) in [6.07, 6.45) is 0.255. The van der Waals surface area contributed by atoms with Gasteiger partial charge in [-0.05, 0) is 62.9 Å². The second-order valence-electron chi connectivity index (χ2n) is 8.83. The highest BCUT2D eigenvalue weighted by Gasteiger charge is 2.26. The molecular formula is C26H32N2O4. The van der Waals surface area contributed by atoms with Crippen LogP contribution in [0.4, 0.5) is 10.5 Å². The molecule has 0 unspecified atom stereocenters. The molecule has 32 heavy (non-hydrogen) atoms. The maximum absolute atomic E-state index is 12.7. The molecule has 1 N–H and O–H groups in total. The van der Waals surface area contributed by atoms with Gasteiger partial charge in [-0.25, -0.2) is 9.59 Å². The molecule has 1 heterocycles. The Hall–Kier alpha value is -3.12. The van der Waals surface area contributed by atoms with Gasteiger partial charge in [0.05, 0.1) is 12.2 Å². The van der Waals surface area contributed by atoms with E-state index < -0.39 is 11.7 Å². The first kappa shape index (κ1) is 23.5. The summed E-state index contributed by atoms with van der Waals surface area (Å²) in [5, 5.41) is 2.74. The van der Waals surface area contributed by atoms with E-state index in [-0.39, 0.29) is 5.97 Å². The van der Waals surface area contributed by atoms with Crippen LogP contribution in [0.3, 0.4) is 0 Å². The Balaban J connectivity index is 1.77. The van der Waals surface area contributed by atoms with E-state index >= 15 is 0 Å². The molecule has 0 saturated heterocycles. The van der Waals surface area contributed by atoms with E-state index in [0.29, 0.717) is 24.4 Å². The summed E-state index contributed by atoms with van der Waals surface area (Å²) in [6.45, 7) is 9.81. The predicted molar refractivity (Wildman–Crippen MR) is 126 cm³/mol. The zero-order valence-corrected chi connectivity index (χ0v) is 19.3. The number of amides is 1. The lowest BCUT2D eigenvalue weighted by Gasteiger charge is -2.30. The summed E-state index contributed by atoms with van der Waals surface area (Å²) in [7, 11) is 0. The third kappa shape index (κ3) is 6.69. The maximum Gasteiger partial charge on any atom is 0.412 e.